The van der Waals surface area contributed by atoms with Crippen molar-refractivity contribution in [2.45, 2.75) is 19.4 Å². The number of pyridine rings is 1. The predicted molar refractivity (Wildman–Crippen MR) is 152 cm³/mol. The lowest BCUT2D eigenvalue weighted by atomic mass is 10.1. The van der Waals surface area contributed by atoms with Crippen molar-refractivity contribution in [1.29, 1.82) is 0 Å². The highest BCUT2D eigenvalue weighted by molar-refractivity contribution is 5.99. The van der Waals surface area contributed by atoms with Crippen molar-refractivity contribution < 1.29 is 14.3 Å². The summed E-state index contributed by atoms with van der Waals surface area (Å²) in [6.45, 7) is 5.37. The van der Waals surface area contributed by atoms with Crippen molar-refractivity contribution in [2.24, 2.45) is 0 Å². The van der Waals surface area contributed by atoms with Gasteiger partial charge < -0.3 is 14.9 Å². The van der Waals surface area contributed by atoms with Gasteiger partial charge in [0.15, 0.2) is 0 Å². The zero-order valence-electron chi connectivity index (χ0n) is 21.7. The Morgan fingerprint density at radius 2 is 1.38 bits per heavy atom. The van der Waals surface area contributed by atoms with Gasteiger partial charge in [-0.25, -0.2) is 9.18 Å². The Kier molecular flexibility index (Phi) is 6.79. The molecule has 0 aliphatic carbocycles. The molecule has 8 heteroatoms. The van der Waals surface area contributed by atoms with Crippen LogP contribution in [0, 0.1) is 5.82 Å². The molecule has 4 aromatic rings. The molecule has 0 atom stereocenters. The molecule has 0 bridgehead atoms. The summed E-state index contributed by atoms with van der Waals surface area (Å²) in [7, 11) is 0. The van der Waals surface area contributed by atoms with Crippen LogP contribution in [0.1, 0.15) is 28.8 Å². The number of rotatable bonds is 6. The zero-order chi connectivity index (χ0) is 26.9. The molecular weight excluding hydrogens is 495 g/mol. The van der Waals surface area contributed by atoms with Crippen molar-refractivity contribution in [3.05, 3.63) is 100.0 Å². The fourth-order valence-electron chi connectivity index (χ4n) is 5.85. The van der Waals surface area contributed by atoms with E-state index < -0.39 is 11.4 Å². The molecule has 3 aromatic carbocycles. The number of hydrogen-bond acceptors (Lipinski definition) is 5. The Hall–Kier alpha value is -4.17. The number of halogens is 1. The summed E-state index contributed by atoms with van der Waals surface area (Å²) in [4.78, 5) is 32.7. The molecule has 3 heterocycles. The number of likely N-dealkylation sites (tertiary alicyclic amines) is 1. The Labute approximate surface area is 226 Å². The van der Waals surface area contributed by atoms with Gasteiger partial charge in [0.1, 0.15) is 17.2 Å². The van der Waals surface area contributed by atoms with E-state index in [0.29, 0.717) is 42.9 Å². The van der Waals surface area contributed by atoms with E-state index in [0.717, 1.165) is 31.0 Å². The van der Waals surface area contributed by atoms with Gasteiger partial charge in [0.05, 0.1) is 5.52 Å². The first-order valence-corrected chi connectivity index (χ1v) is 13.5. The second kappa shape index (κ2) is 10.5. The van der Waals surface area contributed by atoms with E-state index >= 15 is 0 Å². The lowest BCUT2D eigenvalue weighted by Gasteiger charge is -2.39. The van der Waals surface area contributed by atoms with Gasteiger partial charge in [-0.15, -0.1) is 0 Å². The van der Waals surface area contributed by atoms with Gasteiger partial charge in [0.2, 0.25) is 5.43 Å². The predicted octanol–water partition coefficient (Wildman–Crippen LogP) is 4.75. The van der Waals surface area contributed by atoms with Crippen LogP contribution in [0.25, 0.3) is 16.6 Å². The molecule has 6 rings (SSSR count). The van der Waals surface area contributed by atoms with Crippen molar-refractivity contribution in [3.63, 3.8) is 0 Å². The SMILES string of the molecule is O=C(O)c1c(N2CCN(c3ccc(F)cc3)CC2)n(-c2ccc(CN3CCCC3)cc2)c2ccccc2c1=O. The molecule has 7 nitrogen and oxygen atoms in total. The van der Waals surface area contributed by atoms with E-state index in [4.69, 9.17) is 0 Å². The van der Waals surface area contributed by atoms with Gasteiger partial charge in [-0.05, 0) is 80.0 Å². The highest BCUT2D eigenvalue weighted by Crippen LogP contribution is 2.31. The number of piperazine rings is 1. The highest BCUT2D eigenvalue weighted by atomic mass is 19.1. The second-order valence-electron chi connectivity index (χ2n) is 10.3. The monoisotopic (exact) mass is 526 g/mol. The number of aromatic carboxylic acids is 1. The summed E-state index contributed by atoms with van der Waals surface area (Å²) in [6.07, 6.45) is 2.47. The fourth-order valence-corrected chi connectivity index (χ4v) is 5.85. The van der Waals surface area contributed by atoms with Crippen LogP contribution in [-0.2, 0) is 6.54 Å². The summed E-state index contributed by atoms with van der Waals surface area (Å²) in [5.74, 6) is -1.12. The normalized spacial score (nSPS) is 16.2. The molecule has 2 aliphatic rings. The molecule has 2 aliphatic heterocycles. The maximum atomic E-state index is 13.5. The van der Waals surface area contributed by atoms with Crippen molar-refractivity contribution in [3.8, 4) is 5.69 Å². The summed E-state index contributed by atoms with van der Waals surface area (Å²) >= 11 is 0. The molecule has 2 saturated heterocycles. The van der Waals surface area contributed by atoms with Crippen LogP contribution >= 0.6 is 0 Å². The third-order valence-corrected chi connectivity index (χ3v) is 7.84. The Balaban J connectivity index is 1.42. The molecule has 2 fully saturated rings. The summed E-state index contributed by atoms with van der Waals surface area (Å²) in [6, 6.07) is 21.8. The number of carboxylic acid groups (broad SMARTS) is 1. The minimum atomic E-state index is -1.24. The first-order valence-electron chi connectivity index (χ1n) is 13.5. The topological polar surface area (TPSA) is 69.0 Å². The molecule has 0 unspecified atom stereocenters. The van der Waals surface area contributed by atoms with Crippen LogP contribution in [-0.4, -0.2) is 59.8 Å². The van der Waals surface area contributed by atoms with Gasteiger partial charge in [0, 0.05) is 49.5 Å². The standard InChI is InChI=1S/C31H31FN4O3/c32-23-9-13-24(14-10-23)34-17-19-35(20-18-34)30-28(31(38)39)29(37)26-5-1-2-6-27(26)36(30)25-11-7-22(8-12-25)21-33-15-3-4-16-33/h1-2,5-14H,3-4,15-21H2,(H,38,39). The molecule has 200 valence electrons. The van der Waals surface area contributed by atoms with Gasteiger partial charge >= 0.3 is 5.97 Å². The van der Waals surface area contributed by atoms with Crippen molar-refractivity contribution >= 4 is 28.4 Å². The van der Waals surface area contributed by atoms with Crippen LogP contribution in [0.15, 0.2) is 77.6 Å². The molecule has 1 aromatic heterocycles. The first-order chi connectivity index (χ1) is 19.0. The number of hydrogen-bond donors (Lipinski definition) is 1. The number of para-hydroxylation sites is 1. The van der Waals surface area contributed by atoms with E-state index in [1.165, 1.54) is 30.5 Å². The molecule has 0 saturated carbocycles. The first kappa shape index (κ1) is 25.1. The zero-order valence-corrected chi connectivity index (χ0v) is 21.7. The van der Waals surface area contributed by atoms with Crippen LogP contribution in [0.2, 0.25) is 0 Å². The lowest BCUT2D eigenvalue weighted by Crippen LogP contribution is -2.48. The Bertz CT molecular complexity index is 1550. The van der Waals surface area contributed by atoms with E-state index in [9.17, 15) is 19.1 Å². The summed E-state index contributed by atoms with van der Waals surface area (Å²) in [5, 5.41) is 10.7. The van der Waals surface area contributed by atoms with E-state index in [1.54, 1.807) is 24.3 Å². The third kappa shape index (κ3) is 4.88. The van der Waals surface area contributed by atoms with Crippen LogP contribution in [0.5, 0.6) is 0 Å². The molecule has 0 spiro atoms. The van der Waals surface area contributed by atoms with Gasteiger partial charge in [-0.3, -0.25) is 14.3 Å². The van der Waals surface area contributed by atoms with E-state index in [2.05, 4.69) is 21.9 Å². The molecular formula is C31H31FN4O3. The molecule has 0 radical (unpaired) electrons. The van der Waals surface area contributed by atoms with E-state index in [-0.39, 0.29) is 11.4 Å². The molecule has 1 N–H and O–H groups in total. The Morgan fingerprint density at radius 3 is 2.05 bits per heavy atom. The number of anilines is 2. The quantitative estimate of drug-likeness (QED) is 0.391. The average Bonchev–Trinajstić information content (AvgIpc) is 3.47. The van der Waals surface area contributed by atoms with Gasteiger partial charge in [0.25, 0.3) is 0 Å². The smallest absolute Gasteiger partial charge is 0.343 e. The van der Waals surface area contributed by atoms with Crippen LogP contribution < -0.4 is 15.2 Å². The lowest BCUT2D eigenvalue weighted by molar-refractivity contribution is 0.0695. The maximum absolute atomic E-state index is 13.5. The maximum Gasteiger partial charge on any atom is 0.343 e. The second-order valence-corrected chi connectivity index (χ2v) is 10.3. The molecule has 39 heavy (non-hydrogen) atoms. The van der Waals surface area contributed by atoms with Crippen LogP contribution in [0.3, 0.4) is 0 Å². The molecule has 0 amide bonds. The van der Waals surface area contributed by atoms with E-state index in [1.807, 2.05) is 33.7 Å². The average molecular weight is 527 g/mol. The number of fused-ring (bicyclic) bond motifs is 1. The van der Waals surface area contributed by atoms with Gasteiger partial charge in [-0.2, -0.15) is 0 Å². The van der Waals surface area contributed by atoms with Gasteiger partial charge in [-0.1, -0.05) is 24.3 Å². The minimum Gasteiger partial charge on any atom is -0.477 e. The number of aromatic nitrogens is 1. The fraction of sp³-hybridized carbons (Fsp3) is 0.290. The number of carbonyl (C=O) groups is 1. The number of nitrogens with zero attached hydrogens (tertiary/aromatic N) is 4. The number of carboxylic acids is 1. The summed E-state index contributed by atoms with van der Waals surface area (Å²) in [5.41, 5.74) is 2.92. The Morgan fingerprint density at radius 1 is 0.769 bits per heavy atom. The largest absolute Gasteiger partial charge is 0.477 e. The van der Waals surface area contributed by atoms with Crippen LogP contribution in [0.4, 0.5) is 15.9 Å². The third-order valence-electron chi connectivity index (χ3n) is 7.84. The number of benzene rings is 3. The minimum absolute atomic E-state index is 0.218. The highest BCUT2D eigenvalue weighted by Gasteiger charge is 2.29. The van der Waals surface area contributed by atoms with Crippen molar-refractivity contribution in [2.75, 3.05) is 49.1 Å². The summed E-state index contributed by atoms with van der Waals surface area (Å²) < 4.78 is 15.4. The van der Waals surface area contributed by atoms with Crippen molar-refractivity contribution in [1.82, 2.24) is 9.47 Å².